The van der Waals surface area contributed by atoms with E-state index in [1.54, 1.807) is 11.6 Å². The van der Waals surface area contributed by atoms with Gasteiger partial charge in [-0.25, -0.2) is 0 Å². The second-order valence-corrected chi connectivity index (χ2v) is 5.76. The zero-order chi connectivity index (χ0) is 17.8. The van der Waals surface area contributed by atoms with Gasteiger partial charge in [-0.3, -0.25) is 19.3 Å². The maximum Gasteiger partial charge on any atom is 0.229 e. The number of imide groups is 1. The molecule has 0 aliphatic carbocycles. The number of para-hydroxylation sites is 1. The Bertz CT molecular complexity index is 772. The molecule has 3 rings (SSSR count). The normalized spacial score (nSPS) is 15.5. The minimum atomic E-state index is -0.423. The summed E-state index contributed by atoms with van der Waals surface area (Å²) in [5.74, 6) is -0.228. The lowest BCUT2D eigenvalue weighted by Crippen LogP contribution is -2.35. The zero-order valence-corrected chi connectivity index (χ0v) is 13.8. The molecule has 1 saturated heterocycles. The van der Waals surface area contributed by atoms with E-state index in [1.165, 1.54) is 0 Å². The highest BCUT2D eigenvalue weighted by molar-refractivity contribution is 6.02. The van der Waals surface area contributed by atoms with Crippen molar-refractivity contribution in [1.29, 1.82) is 0 Å². The summed E-state index contributed by atoms with van der Waals surface area (Å²) < 4.78 is 1.55. The van der Waals surface area contributed by atoms with Gasteiger partial charge in [0.1, 0.15) is 0 Å². The largest absolute Gasteiger partial charge is 0.346 e. The summed E-state index contributed by atoms with van der Waals surface area (Å²) in [6.45, 7) is 1.87. The van der Waals surface area contributed by atoms with Crippen LogP contribution >= 0.6 is 0 Å². The van der Waals surface area contributed by atoms with Gasteiger partial charge in [-0.1, -0.05) is 18.2 Å². The molecule has 1 aliphatic heterocycles. The standard InChI is InChI=1S/C16H18N6O3/c1-11(16-18-19-20-22(16)12-5-3-2-4-6-12)17-13(23)9-10-21-14(24)7-8-15(21)25/h2-6,11H,7-10H2,1H3,(H,17,23)/t11-/m0/s1. The van der Waals surface area contributed by atoms with Crippen molar-refractivity contribution in [2.24, 2.45) is 0 Å². The number of likely N-dealkylation sites (tertiary alicyclic amines) is 1. The molecule has 2 aromatic rings. The minimum Gasteiger partial charge on any atom is -0.346 e. The van der Waals surface area contributed by atoms with Crippen LogP contribution < -0.4 is 5.32 Å². The number of nitrogens with zero attached hydrogens (tertiary/aromatic N) is 5. The van der Waals surface area contributed by atoms with E-state index in [0.29, 0.717) is 5.82 Å². The van der Waals surface area contributed by atoms with Crippen molar-refractivity contribution in [1.82, 2.24) is 30.4 Å². The predicted octanol–water partition coefficient (Wildman–Crippen LogP) is 0.379. The van der Waals surface area contributed by atoms with Crippen molar-refractivity contribution < 1.29 is 14.4 Å². The van der Waals surface area contributed by atoms with Crippen molar-refractivity contribution in [2.45, 2.75) is 32.2 Å². The molecule has 3 amide bonds. The number of nitrogens with one attached hydrogen (secondary N) is 1. The van der Waals surface area contributed by atoms with Crippen LogP contribution in [-0.2, 0) is 14.4 Å². The third-order valence-corrected chi connectivity index (χ3v) is 3.98. The number of amides is 3. The molecule has 9 nitrogen and oxygen atoms in total. The zero-order valence-electron chi connectivity index (χ0n) is 13.8. The molecule has 0 unspecified atom stereocenters. The molecule has 1 aliphatic rings. The smallest absolute Gasteiger partial charge is 0.229 e. The van der Waals surface area contributed by atoms with Crippen LogP contribution in [0.25, 0.3) is 5.69 Å². The first-order valence-electron chi connectivity index (χ1n) is 8.02. The van der Waals surface area contributed by atoms with Gasteiger partial charge in [0.2, 0.25) is 17.7 Å². The molecule has 1 N–H and O–H groups in total. The molecular weight excluding hydrogens is 324 g/mol. The first-order valence-corrected chi connectivity index (χ1v) is 8.02. The molecule has 130 valence electrons. The fourth-order valence-electron chi connectivity index (χ4n) is 2.68. The first-order chi connectivity index (χ1) is 12.1. The van der Waals surface area contributed by atoms with Gasteiger partial charge in [-0.2, -0.15) is 4.68 Å². The van der Waals surface area contributed by atoms with Crippen LogP contribution in [0.1, 0.15) is 38.1 Å². The number of rotatable bonds is 6. The van der Waals surface area contributed by atoms with Crippen LogP contribution in [0.4, 0.5) is 0 Å². The Morgan fingerprint density at radius 3 is 2.56 bits per heavy atom. The molecule has 0 spiro atoms. The molecule has 9 heteroatoms. The highest BCUT2D eigenvalue weighted by Crippen LogP contribution is 2.15. The Morgan fingerprint density at radius 2 is 1.88 bits per heavy atom. The summed E-state index contributed by atoms with van der Waals surface area (Å²) in [4.78, 5) is 36.4. The molecule has 1 atom stereocenters. The van der Waals surface area contributed by atoms with E-state index in [2.05, 4.69) is 20.8 Å². The number of hydrogen-bond donors (Lipinski definition) is 1. The molecular formula is C16H18N6O3. The van der Waals surface area contributed by atoms with E-state index >= 15 is 0 Å². The van der Waals surface area contributed by atoms with Crippen molar-refractivity contribution in [3.8, 4) is 5.69 Å². The fourth-order valence-corrected chi connectivity index (χ4v) is 2.68. The number of aromatic nitrogens is 4. The topological polar surface area (TPSA) is 110 Å². The van der Waals surface area contributed by atoms with E-state index in [9.17, 15) is 14.4 Å². The predicted molar refractivity (Wildman–Crippen MR) is 86.3 cm³/mol. The number of benzene rings is 1. The lowest BCUT2D eigenvalue weighted by Gasteiger charge is -2.16. The molecule has 2 heterocycles. The maximum atomic E-state index is 12.1. The average Bonchev–Trinajstić information content (AvgIpc) is 3.21. The fraction of sp³-hybridized carbons (Fsp3) is 0.375. The van der Waals surface area contributed by atoms with E-state index in [0.717, 1.165) is 10.6 Å². The Balaban J connectivity index is 1.60. The van der Waals surface area contributed by atoms with E-state index in [4.69, 9.17) is 0 Å². The molecule has 0 radical (unpaired) electrons. The van der Waals surface area contributed by atoms with Gasteiger partial charge in [-0.05, 0) is 29.5 Å². The Labute approximate surface area is 144 Å². The SMILES string of the molecule is C[C@H](NC(=O)CCN1C(=O)CCC1=O)c1nnnn1-c1ccccc1. The summed E-state index contributed by atoms with van der Waals surface area (Å²) >= 11 is 0. The van der Waals surface area contributed by atoms with Gasteiger partial charge in [-0.15, -0.1) is 5.10 Å². The third kappa shape index (κ3) is 3.70. The molecule has 25 heavy (non-hydrogen) atoms. The maximum absolute atomic E-state index is 12.1. The Kier molecular flexibility index (Phi) is 4.82. The Hall–Kier alpha value is -3.10. The van der Waals surface area contributed by atoms with Gasteiger partial charge in [0.15, 0.2) is 5.82 Å². The van der Waals surface area contributed by atoms with E-state index in [-0.39, 0.29) is 43.5 Å². The van der Waals surface area contributed by atoms with Crippen molar-refractivity contribution in [2.75, 3.05) is 6.54 Å². The van der Waals surface area contributed by atoms with Crippen LogP contribution in [0, 0.1) is 0 Å². The number of tetrazole rings is 1. The second kappa shape index (κ2) is 7.20. The van der Waals surface area contributed by atoms with E-state index in [1.807, 2.05) is 30.3 Å². The van der Waals surface area contributed by atoms with Gasteiger partial charge in [0.25, 0.3) is 0 Å². The van der Waals surface area contributed by atoms with Crippen molar-refractivity contribution in [3.05, 3.63) is 36.2 Å². The monoisotopic (exact) mass is 342 g/mol. The average molecular weight is 342 g/mol. The quantitative estimate of drug-likeness (QED) is 0.760. The number of hydrogen-bond acceptors (Lipinski definition) is 6. The first kappa shape index (κ1) is 16.7. The molecule has 1 fully saturated rings. The number of carbonyl (C=O) groups is 3. The van der Waals surface area contributed by atoms with Gasteiger partial charge >= 0.3 is 0 Å². The molecule has 1 aromatic heterocycles. The van der Waals surface area contributed by atoms with Gasteiger partial charge in [0, 0.05) is 25.8 Å². The van der Waals surface area contributed by atoms with Crippen LogP contribution in [0.2, 0.25) is 0 Å². The summed E-state index contributed by atoms with van der Waals surface area (Å²) in [5, 5.41) is 14.4. The van der Waals surface area contributed by atoms with E-state index < -0.39 is 6.04 Å². The molecule has 0 bridgehead atoms. The highest BCUT2D eigenvalue weighted by Gasteiger charge is 2.29. The minimum absolute atomic E-state index is 0.0503. The van der Waals surface area contributed by atoms with Crippen molar-refractivity contribution >= 4 is 17.7 Å². The summed E-state index contributed by atoms with van der Waals surface area (Å²) in [6.07, 6.45) is 0.500. The van der Waals surface area contributed by atoms with Gasteiger partial charge < -0.3 is 5.32 Å². The molecule has 1 aromatic carbocycles. The van der Waals surface area contributed by atoms with Crippen LogP contribution in [-0.4, -0.2) is 49.4 Å². The number of carbonyl (C=O) groups excluding carboxylic acids is 3. The second-order valence-electron chi connectivity index (χ2n) is 5.76. The van der Waals surface area contributed by atoms with Crippen LogP contribution in [0.3, 0.4) is 0 Å². The van der Waals surface area contributed by atoms with Gasteiger partial charge in [0.05, 0.1) is 11.7 Å². The third-order valence-electron chi connectivity index (χ3n) is 3.98. The highest BCUT2D eigenvalue weighted by atomic mass is 16.2. The van der Waals surface area contributed by atoms with Crippen LogP contribution in [0.15, 0.2) is 30.3 Å². The lowest BCUT2D eigenvalue weighted by atomic mass is 10.2. The Morgan fingerprint density at radius 1 is 1.20 bits per heavy atom. The van der Waals surface area contributed by atoms with Crippen molar-refractivity contribution in [3.63, 3.8) is 0 Å². The van der Waals surface area contributed by atoms with Crippen LogP contribution in [0.5, 0.6) is 0 Å². The molecule has 0 saturated carbocycles. The summed E-state index contributed by atoms with van der Waals surface area (Å²) in [5.41, 5.74) is 0.789. The summed E-state index contributed by atoms with van der Waals surface area (Å²) in [6, 6.07) is 8.92. The lowest BCUT2D eigenvalue weighted by molar-refractivity contribution is -0.138. The summed E-state index contributed by atoms with van der Waals surface area (Å²) in [7, 11) is 0.